The second kappa shape index (κ2) is 10.4. The summed E-state index contributed by atoms with van der Waals surface area (Å²) in [4.78, 5) is 24.9. The number of rotatable bonds is 7. The average Bonchev–Trinajstić information content (AvgIpc) is 2.75. The summed E-state index contributed by atoms with van der Waals surface area (Å²) < 4.78 is 0. The molecule has 4 nitrogen and oxygen atoms in total. The standard InChI is InChI=1S/C24H29ClN2O2/c1-2-3-7-17-10-12-19(13-11-17)23(28)26-20-14-15-22(21(25)16-20)27-24(29)18-8-5-4-6-9-18/h4-6,8-9,14-17,19H,2-3,7,10-13H2,1H3,(H,26,28)(H,27,29). The minimum atomic E-state index is -0.218. The first-order valence-electron chi connectivity index (χ1n) is 10.5. The highest BCUT2D eigenvalue weighted by atomic mass is 35.5. The Bertz CT molecular complexity index is 830. The SMILES string of the molecule is CCCCC1CCC(C(=O)Nc2ccc(NC(=O)c3ccccc3)c(Cl)c2)CC1. The summed E-state index contributed by atoms with van der Waals surface area (Å²) in [6.45, 7) is 2.22. The molecule has 1 fully saturated rings. The Kier molecular flexibility index (Phi) is 7.70. The molecule has 154 valence electrons. The molecule has 0 spiro atoms. The lowest BCUT2D eigenvalue weighted by Crippen LogP contribution is -2.27. The van der Waals surface area contributed by atoms with Gasteiger partial charge in [0.1, 0.15) is 0 Å². The molecule has 1 aliphatic rings. The summed E-state index contributed by atoms with van der Waals surface area (Å²) in [6, 6.07) is 14.2. The molecule has 1 aliphatic carbocycles. The fraction of sp³-hybridized carbons (Fsp3) is 0.417. The summed E-state index contributed by atoms with van der Waals surface area (Å²) in [5.41, 5.74) is 1.75. The van der Waals surface area contributed by atoms with Crippen molar-refractivity contribution in [1.29, 1.82) is 0 Å². The fourth-order valence-electron chi connectivity index (χ4n) is 3.93. The Morgan fingerprint density at radius 2 is 1.72 bits per heavy atom. The number of hydrogen-bond donors (Lipinski definition) is 2. The van der Waals surface area contributed by atoms with Gasteiger partial charge < -0.3 is 10.6 Å². The van der Waals surface area contributed by atoms with E-state index in [0.717, 1.165) is 31.6 Å². The van der Waals surface area contributed by atoms with Crippen molar-refractivity contribution in [2.45, 2.75) is 51.9 Å². The number of benzene rings is 2. The maximum atomic E-state index is 12.6. The number of nitrogens with one attached hydrogen (secondary N) is 2. The monoisotopic (exact) mass is 412 g/mol. The first-order chi connectivity index (χ1) is 14.1. The molecule has 29 heavy (non-hydrogen) atoms. The molecule has 2 aromatic carbocycles. The molecule has 0 aliphatic heterocycles. The van der Waals surface area contributed by atoms with Crippen LogP contribution >= 0.6 is 11.6 Å². The Hall–Kier alpha value is -2.33. The number of unbranched alkanes of at least 4 members (excludes halogenated alkanes) is 1. The van der Waals surface area contributed by atoms with Crippen molar-refractivity contribution in [3.63, 3.8) is 0 Å². The van der Waals surface area contributed by atoms with Gasteiger partial charge in [-0.2, -0.15) is 0 Å². The Morgan fingerprint density at radius 3 is 2.38 bits per heavy atom. The zero-order chi connectivity index (χ0) is 20.6. The lowest BCUT2D eigenvalue weighted by atomic mass is 9.79. The highest BCUT2D eigenvalue weighted by molar-refractivity contribution is 6.34. The summed E-state index contributed by atoms with van der Waals surface area (Å²) >= 11 is 6.33. The van der Waals surface area contributed by atoms with Crippen LogP contribution in [-0.4, -0.2) is 11.8 Å². The van der Waals surface area contributed by atoms with Crippen molar-refractivity contribution >= 4 is 34.8 Å². The fourth-order valence-corrected chi connectivity index (χ4v) is 4.16. The highest BCUT2D eigenvalue weighted by Gasteiger charge is 2.26. The Balaban J connectivity index is 1.54. The molecule has 0 bridgehead atoms. The van der Waals surface area contributed by atoms with Gasteiger partial charge in [-0.3, -0.25) is 9.59 Å². The van der Waals surface area contributed by atoms with Crippen LogP contribution in [0, 0.1) is 11.8 Å². The van der Waals surface area contributed by atoms with Crippen molar-refractivity contribution in [3.8, 4) is 0 Å². The van der Waals surface area contributed by atoms with E-state index < -0.39 is 0 Å². The summed E-state index contributed by atoms with van der Waals surface area (Å²) in [5, 5.41) is 6.19. The molecule has 5 heteroatoms. The lowest BCUT2D eigenvalue weighted by molar-refractivity contribution is -0.121. The molecule has 2 aromatic rings. The summed E-state index contributed by atoms with van der Waals surface area (Å²) in [6.07, 6.45) is 8.01. The molecular formula is C24H29ClN2O2. The predicted molar refractivity (Wildman–Crippen MR) is 119 cm³/mol. The van der Waals surface area contributed by atoms with Gasteiger partial charge in [0, 0.05) is 17.2 Å². The summed E-state index contributed by atoms with van der Waals surface area (Å²) in [7, 11) is 0. The Labute approximate surface area is 178 Å². The van der Waals surface area contributed by atoms with E-state index in [4.69, 9.17) is 11.6 Å². The van der Waals surface area contributed by atoms with Crippen LogP contribution in [0.4, 0.5) is 11.4 Å². The van der Waals surface area contributed by atoms with Gasteiger partial charge in [-0.25, -0.2) is 0 Å². The predicted octanol–water partition coefficient (Wildman–Crippen LogP) is 6.53. The van der Waals surface area contributed by atoms with Crippen LogP contribution in [0.2, 0.25) is 5.02 Å². The van der Waals surface area contributed by atoms with Crippen LogP contribution in [0.1, 0.15) is 62.2 Å². The van der Waals surface area contributed by atoms with E-state index in [-0.39, 0.29) is 17.7 Å². The van der Waals surface area contributed by atoms with E-state index in [9.17, 15) is 9.59 Å². The van der Waals surface area contributed by atoms with Crippen LogP contribution < -0.4 is 10.6 Å². The molecule has 0 saturated heterocycles. The van der Waals surface area contributed by atoms with Crippen LogP contribution in [-0.2, 0) is 4.79 Å². The van der Waals surface area contributed by atoms with Crippen molar-refractivity contribution in [3.05, 3.63) is 59.1 Å². The third kappa shape index (κ3) is 6.07. The molecule has 0 heterocycles. The maximum Gasteiger partial charge on any atom is 0.255 e. The molecular weight excluding hydrogens is 384 g/mol. The van der Waals surface area contributed by atoms with E-state index in [1.807, 2.05) is 18.2 Å². The number of anilines is 2. The van der Waals surface area contributed by atoms with Crippen LogP contribution in [0.5, 0.6) is 0 Å². The molecule has 2 N–H and O–H groups in total. The van der Waals surface area contributed by atoms with Gasteiger partial charge in [0.15, 0.2) is 0 Å². The quantitative estimate of drug-likeness (QED) is 0.543. The lowest BCUT2D eigenvalue weighted by Gasteiger charge is -2.27. The first-order valence-corrected chi connectivity index (χ1v) is 10.9. The smallest absolute Gasteiger partial charge is 0.255 e. The van der Waals surface area contributed by atoms with Crippen LogP contribution in [0.3, 0.4) is 0 Å². The largest absolute Gasteiger partial charge is 0.326 e. The van der Waals surface area contributed by atoms with Gasteiger partial charge in [-0.05, 0) is 61.9 Å². The number of amides is 2. The summed E-state index contributed by atoms with van der Waals surface area (Å²) in [5.74, 6) is 0.699. The van der Waals surface area contributed by atoms with Gasteiger partial charge >= 0.3 is 0 Å². The van der Waals surface area contributed by atoms with E-state index >= 15 is 0 Å². The van der Waals surface area contributed by atoms with E-state index in [2.05, 4.69) is 17.6 Å². The molecule has 0 unspecified atom stereocenters. The van der Waals surface area contributed by atoms with Gasteiger partial charge in [0.2, 0.25) is 5.91 Å². The van der Waals surface area contributed by atoms with Gasteiger partial charge in [-0.15, -0.1) is 0 Å². The van der Waals surface area contributed by atoms with E-state index in [1.54, 1.807) is 30.3 Å². The van der Waals surface area contributed by atoms with Gasteiger partial charge in [0.25, 0.3) is 5.91 Å². The maximum absolute atomic E-state index is 12.6. The van der Waals surface area contributed by atoms with Crippen molar-refractivity contribution in [2.24, 2.45) is 11.8 Å². The van der Waals surface area contributed by atoms with Crippen molar-refractivity contribution in [1.82, 2.24) is 0 Å². The minimum Gasteiger partial charge on any atom is -0.326 e. The van der Waals surface area contributed by atoms with Crippen molar-refractivity contribution < 1.29 is 9.59 Å². The normalized spacial score (nSPS) is 18.8. The third-order valence-corrected chi connectivity index (χ3v) is 6.02. The molecule has 0 atom stereocenters. The molecule has 1 saturated carbocycles. The zero-order valence-corrected chi connectivity index (χ0v) is 17.7. The number of carbonyl (C=O) groups excluding carboxylic acids is 2. The highest BCUT2D eigenvalue weighted by Crippen LogP contribution is 2.33. The number of halogens is 1. The minimum absolute atomic E-state index is 0.0658. The second-order valence-electron chi connectivity index (χ2n) is 7.86. The van der Waals surface area contributed by atoms with Gasteiger partial charge in [-0.1, -0.05) is 56.0 Å². The third-order valence-electron chi connectivity index (χ3n) is 5.70. The molecule has 3 rings (SSSR count). The number of carbonyl (C=O) groups is 2. The van der Waals surface area contributed by atoms with Crippen LogP contribution in [0.25, 0.3) is 0 Å². The molecule has 0 radical (unpaired) electrons. The Morgan fingerprint density at radius 1 is 1.00 bits per heavy atom. The molecule has 0 aromatic heterocycles. The van der Waals surface area contributed by atoms with E-state index in [0.29, 0.717) is 22.0 Å². The number of hydrogen-bond acceptors (Lipinski definition) is 2. The average molecular weight is 413 g/mol. The molecule has 2 amide bonds. The topological polar surface area (TPSA) is 58.2 Å². The zero-order valence-electron chi connectivity index (χ0n) is 16.9. The van der Waals surface area contributed by atoms with Gasteiger partial charge in [0.05, 0.1) is 10.7 Å². The van der Waals surface area contributed by atoms with E-state index in [1.165, 1.54) is 19.3 Å². The second-order valence-corrected chi connectivity index (χ2v) is 8.27. The first kappa shape index (κ1) is 21.4. The van der Waals surface area contributed by atoms with Crippen molar-refractivity contribution in [2.75, 3.05) is 10.6 Å². The van der Waals surface area contributed by atoms with Crippen LogP contribution in [0.15, 0.2) is 48.5 Å².